The summed E-state index contributed by atoms with van der Waals surface area (Å²) < 4.78 is 5.09. The predicted octanol–water partition coefficient (Wildman–Crippen LogP) is 2.53. The third-order valence-corrected chi connectivity index (χ3v) is 1.50. The maximum atomic E-state index is 8.29. The van der Waals surface area contributed by atoms with E-state index in [0.29, 0.717) is 0 Å². The van der Waals surface area contributed by atoms with Crippen LogP contribution in [0.25, 0.3) is 6.08 Å². The average molecular weight is 165 g/mol. The van der Waals surface area contributed by atoms with Gasteiger partial charge in [0.25, 0.3) is 0 Å². The van der Waals surface area contributed by atoms with Gasteiger partial charge in [0, 0.05) is 0 Å². The average Bonchev–Trinajstić information content (AvgIpc) is 2.56. The summed E-state index contributed by atoms with van der Waals surface area (Å²) in [4.78, 5) is 0. The van der Waals surface area contributed by atoms with E-state index in [1.54, 1.807) is 6.26 Å². The van der Waals surface area contributed by atoms with E-state index in [-0.39, 0.29) is 0 Å². The first-order chi connectivity index (χ1) is 5.86. The standard InChI is InChI=1S/C9H11NO2/c1-2-8(7-10-11)6-9-4-3-5-12-9/h3-7,11H,2H2,1H3/b8-6+,10-7+. The van der Waals surface area contributed by atoms with Crippen LogP contribution in [-0.4, -0.2) is 11.4 Å². The van der Waals surface area contributed by atoms with Gasteiger partial charge in [-0.05, 0) is 30.2 Å². The highest BCUT2D eigenvalue weighted by Crippen LogP contribution is 2.08. The molecule has 1 aromatic rings. The molecular weight excluding hydrogens is 154 g/mol. The highest BCUT2D eigenvalue weighted by atomic mass is 16.4. The minimum atomic E-state index is 0.770. The van der Waals surface area contributed by atoms with E-state index in [4.69, 9.17) is 9.62 Å². The molecule has 1 N–H and O–H groups in total. The summed E-state index contributed by atoms with van der Waals surface area (Å²) in [6.07, 6.45) is 5.65. The first-order valence-electron chi connectivity index (χ1n) is 3.78. The van der Waals surface area contributed by atoms with Crippen LogP contribution < -0.4 is 0 Å². The molecule has 0 saturated heterocycles. The van der Waals surface area contributed by atoms with Crippen molar-refractivity contribution in [3.8, 4) is 0 Å². The molecule has 0 amide bonds. The Hall–Kier alpha value is -1.51. The fourth-order valence-corrected chi connectivity index (χ4v) is 0.861. The van der Waals surface area contributed by atoms with Crippen LogP contribution in [0, 0.1) is 0 Å². The van der Waals surface area contributed by atoms with Gasteiger partial charge in [-0.25, -0.2) is 0 Å². The zero-order chi connectivity index (χ0) is 8.81. The molecule has 0 saturated carbocycles. The van der Waals surface area contributed by atoms with Gasteiger partial charge in [0.1, 0.15) is 5.76 Å². The Morgan fingerprint density at radius 3 is 3.08 bits per heavy atom. The summed E-state index contributed by atoms with van der Waals surface area (Å²) in [5.74, 6) is 0.770. The van der Waals surface area contributed by atoms with Crippen molar-refractivity contribution >= 4 is 12.3 Å². The lowest BCUT2D eigenvalue weighted by Gasteiger charge is -1.92. The molecule has 64 valence electrons. The molecular formula is C9H11NO2. The molecule has 0 fully saturated rings. The van der Waals surface area contributed by atoms with Gasteiger partial charge >= 0.3 is 0 Å². The number of nitrogens with zero attached hydrogens (tertiary/aromatic N) is 1. The third kappa shape index (κ3) is 2.27. The number of rotatable bonds is 3. The molecule has 3 heteroatoms. The Bertz CT molecular complexity index is 273. The summed E-state index contributed by atoms with van der Waals surface area (Å²) in [5, 5.41) is 11.2. The van der Waals surface area contributed by atoms with Crippen LogP contribution in [0.4, 0.5) is 0 Å². The Kier molecular flexibility index (Phi) is 3.14. The topological polar surface area (TPSA) is 45.7 Å². The molecule has 0 radical (unpaired) electrons. The monoisotopic (exact) mass is 165 g/mol. The van der Waals surface area contributed by atoms with E-state index in [1.807, 2.05) is 25.1 Å². The van der Waals surface area contributed by atoms with Crippen LogP contribution in [-0.2, 0) is 0 Å². The molecule has 1 rings (SSSR count). The molecule has 0 spiro atoms. The second-order valence-electron chi connectivity index (χ2n) is 2.33. The molecule has 3 nitrogen and oxygen atoms in total. The highest BCUT2D eigenvalue weighted by molar-refractivity contribution is 5.84. The smallest absolute Gasteiger partial charge is 0.126 e. The number of oxime groups is 1. The molecule has 0 aliphatic carbocycles. The van der Waals surface area contributed by atoms with Crippen molar-refractivity contribution in [3.63, 3.8) is 0 Å². The van der Waals surface area contributed by atoms with Crippen LogP contribution in [0.15, 0.2) is 33.5 Å². The van der Waals surface area contributed by atoms with Crippen molar-refractivity contribution in [2.24, 2.45) is 5.16 Å². The number of hydrogen-bond acceptors (Lipinski definition) is 3. The van der Waals surface area contributed by atoms with Crippen molar-refractivity contribution in [3.05, 3.63) is 29.7 Å². The SMILES string of the molecule is CCC(/C=N/O)=C\c1ccco1. The van der Waals surface area contributed by atoms with Gasteiger partial charge in [-0.3, -0.25) is 0 Å². The fourth-order valence-electron chi connectivity index (χ4n) is 0.861. The second kappa shape index (κ2) is 4.38. The van der Waals surface area contributed by atoms with E-state index in [1.165, 1.54) is 6.21 Å². The van der Waals surface area contributed by atoms with E-state index < -0.39 is 0 Å². The predicted molar refractivity (Wildman–Crippen MR) is 47.3 cm³/mol. The van der Waals surface area contributed by atoms with Crippen LogP contribution >= 0.6 is 0 Å². The molecule has 12 heavy (non-hydrogen) atoms. The summed E-state index contributed by atoms with van der Waals surface area (Å²) in [6.45, 7) is 1.98. The molecule has 0 bridgehead atoms. The Morgan fingerprint density at radius 1 is 1.75 bits per heavy atom. The van der Waals surface area contributed by atoms with Crippen molar-refractivity contribution in [2.75, 3.05) is 0 Å². The molecule has 0 aliphatic rings. The van der Waals surface area contributed by atoms with Gasteiger partial charge < -0.3 is 9.62 Å². The minimum Gasteiger partial charge on any atom is -0.465 e. The van der Waals surface area contributed by atoms with Crippen LogP contribution in [0.5, 0.6) is 0 Å². The number of hydrogen-bond donors (Lipinski definition) is 1. The fraction of sp³-hybridized carbons (Fsp3) is 0.222. The van der Waals surface area contributed by atoms with Gasteiger partial charge in [-0.15, -0.1) is 0 Å². The van der Waals surface area contributed by atoms with Gasteiger partial charge in [0.05, 0.1) is 12.5 Å². The summed E-state index contributed by atoms with van der Waals surface area (Å²) in [7, 11) is 0. The second-order valence-corrected chi connectivity index (χ2v) is 2.33. The van der Waals surface area contributed by atoms with E-state index in [9.17, 15) is 0 Å². The lowest BCUT2D eigenvalue weighted by molar-refractivity contribution is 0.321. The molecule has 0 unspecified atom stereocenters. The number of furan rings is 1. The van der Waals surface area contributed by atoms with E-state index >= 15 is 0 Å². The summed E-state index contributed by atoms with van der Waals surface area (Å²) in [5.41, 5.74) is 0.924. The minimum absolute atomic E-state index is 0.770. The molecule has 1 aromatic heterocycles. The van der Waals surface area contributed by atoms with Gasteiger partial charge in [-0.1, -0.05) is 12.1 Å². The van der Waals surface area contributed by atoms with E-state index in [2.05, 4.69) is 5.16 Å². The molecule has 0 aromatic carbocycles. The zero-order valence-corrected chi connectivity index (χ0v) is 6.90. The largest absolute Gasteiger partial charge is 0.465 e. The van der Waals surface area contributed by atoms with Crippen molar-refractivity contribution < 1.29 is 9.62 Å². The Morgan fingerprint density at radius 2 is 2.58 bits per heavy atom. The van der Waals surface area contributed by atoms with Crippen molar-refractivity contribution in [1.29, 1.82) is 0 Å². The first-order valence-corrected chi connectivity index (χ1v) is 3.78. The quantitative estimate of drug-likeness (QED) is 0.425. The van der Waals surface area contributed by atoms with Crippen LogP contribution in [0.1, 0.15) is 19.1 Å². The number of allylic oxidation sites excluding steroid dienone is 1. The summed E-state index contributed by atoms with van der Waals surface area (Å²) >= 11 is 0. The van der Waals surface area contributed by atoms with Crippen molar-refractivity contribution in [2.45, 2.75) is 13.3 Å². The van der Waals surface area contributed by atoms with Crippen LogP contribution in [0.2, 0.25) is 0 Å². The normalized spacial score (nSPS) is 12.6. The highest BCUT2D eigenvalue weighted by Gasteiger charge is 1.93. The third-order valence-electron chi connectivity index (χ3n) is 1.50. The molecule has 0 atom stereocenters. The van der Waals surface area contributed by atoms with Crippen LogP contribution in [0.3, 0.4) is 0 Å². The Balaban J connectivity index is 2.78. The maximum Gasteiger partial charge on any atom is 0.126 e. The van der Waals surface area contributed by atoms with Gasteiger partial charge in [0.15, 0.2) is 0 Å². The van der Waals surface area contributed by atoms with Gasteiger partial charge in [0.2, 0.25) is 0 Å². The molecule has 0 aliphatic heterocycles. The first kappa shape index (κ1) is 8.59. The maximum absolute atomic E-state index is 8.29. The van der Waals surface area contributed by atoms with Crippen molar-refractivity contribution in [1.82, 2.24) is 0 Å². The Labute approximate surface area is 71.0 Å². The van der Waals surface area contributed by atoms with Gasteiger partial charge in [-0.2, -0.15) is 0 Å². The summed E-state index contributed by atoms with van der Waals surface area (Å²) in [6, 6.07) is 3.66. The lowest BCUT2D eigenvalue weighted by Crippen LogP contribution is -1.81. The van der Waals surface area contributed by atoms with E-state index in [0.717, 1.165) is 17.8 Å². The lowest BCUT2D eigenvalue weighted by atomic mass is 10.2. The zero-order valence-electron chi connectivity index (χ0n) is 6.90. The molecule has 1 heterocycles.